The normalized spacial score (nSPS) is 13.8. The molecule has 1 aliphatic carbocycles. The van der Waals surface area contributed by atoms with E-state index in [1.165, 1.54) is 30.3 Å². The summed E-state index contributed by atoms with van der Waals surface area (Å²) in [4.78, 5) is 17.1. The number of hydrogen-bond acceptors (Lipinski definition) is 6. The first kappa shape index (κ1) is 26.4. The zero-order valence-electron chi connectivity index (χ0n) is 18.8. The third-order valence-electron chi connectivity index (χ3n) is 5.20. The van der Waals surface area contributed by atoms with Crippen LogP contribution in [0, 0.1) is 11.7 Å². The van der Waals surface area contributed by atoms with Gasteiger partial charge in [0.2, 0.25) is 5.89 Å². The molecule has 0 radical (unpaired) electrons. The fourth-order valence-electron chi connectivity index (χ4n) is 3.28. The average molecular weight is 512 g/mol. The van der Waals surface area contributed by atoms with Crippen LogP contribution in [-0.2, 0) is 6.54 Å². The van der Waals surface area contributed by atoms with Gasteiger partial charge in [-0.05, 0) is 61.6 Å². The first-order valence-electron chi connectivity index (χ1n) is 10.8. The molecule has 1 unspecified atom stereocenters. The summed E-state index contributed by atoms with van der Waals surface area (Å²) < 4.78 is 55.0. The van der Waals surface area contributed by atoms with Crippen LogP contribution in [0.3, 0.4) is 0 Å². The Morgan fingerprint density at radius 2 is 2.00 bits per heavy atom. The number of aromatic nitrogens is 1. The molecule has 11 heteroatoms. The number of ether oxygens (including phenoxy) is 2. The highest BCUT2D eigenvalue weighted by Crippen LogP contribution is 2.37. The third-order valence-corrected chi connectivity index (χ3v) is 5.20. The number of oxazole rings is 1. The van der Waals surface area contributed by atoms with Gasteiger partial charge in [-0.15, -0.1) is 12.4 Å². The number of halogens is 4. The molecule has 188 valence electrons. The number of nitrogens with zero attached hydrogens (tertiary/aromatic N) is 1. The van der Waals surface area contributed by atoms with Crippen molar-refractivity contribution in [1.29, 1.82) is 0 Å². The van der Waals surface area contributed by atoms with E-state index in [1.54, 1.807) is 19.1 Å². The fourth-order valence-corrected chi connectivity index (χ4v) is 3.28. The molecule has 35 heavy (non-hydrogen) atoms. The number of carbonyl (C=O) groups excluding carboxylic acids is 1. The predicted octanol–water partition coefficient (Wildman–Crippen LogP) is 5.24. The summed E-state index contributed by atoms with van der Waals surface area (Å²) in [5.74, 6) is -0.319. The van der Waals surface area contributed by atoms with Crippen molar-refractivity contribution in [3.05, 3.63) is 65.3 Å². The van der Waals surface area contributed by atoms with Crippen molar-refractivity contribution in [3.8, 4) is 23.0 Å². The summed E-state index contributed by atoms with van der Waals surface area (Å²) >= 11 is 0. The third kappa shape index (κ3) is 6.89. The number of rotatable bonds is 10. The van der Waals surface area contributed by atoms with Gasteiger partial charge in [-0.1, -0.05) is 12.1 Å². The zero-order chi connectivity index (χ0) is 24.2. The van der Waals surface area contributed by atoms with Crippen LogP contribution in [0.1, 0.15) is 47.6 Å². The molecule has 3 N–H and O–H groups in total. The smallest absolute Gasteiger partial charge is 0.387 e. The lowest BCUT2D eigenvalue weighted by molar-refractivity contribution is -0.0515. The van der Waals surface area contributed by atoms with E-state index in [9.17, 15) is 18.0 Å². The number of benzene rings is 2. The quantitative estimate of drug-likeness (QED) is 0.386. The van der Waals surface area contributed by atoms with Crippen LogP contribution < -0.4 is 20.5 Å². The van der Waals surface area contributed by atoms with Gasteiger partial charge in [0.15, 0.2) is 23.0 Å². The SMILES string of the molecule is CC(N)c1oc(-c2ccc(OC(F)F)c(OCC3CC3)c2)nc1C(=O)NCc1cccc(F)c1.Cl. The van der Waals surface area contributed by atoms with Crippen molar-refractivity contribution >= 4 is 18.3 Å². The molecule has 2 aromatic carbocycles. The molecule has 3 aromatic rings. The number of amides is 1. The Morgan fingerprint density at radius 1 is 1.23 bits per heavy atom. The number of carbonyl (C=O) groups is 1. The summed E-state index contributed by atoms with van der Waals surface area (Å²) in [5, 5.41) is 2.67. The standard InChI is InChI=1S/C24H24F3N3O4.ClH/c1-13(28)21-20(22(31)29-11-15-3-2-4-17(25)9-15)30-23(34-21)16-7-8-18(33-24(26)27)19(10-16)32-12-14-5-6-14;/h2-4,7-10,13-14,24H,5-6,11-12,28H2,1H3,(H,29,31);1H. The molecule has 4 rings (SSSR count). The Balaban J connectivity index is 0.00000342. The molecule has 0 saturated heterocycles. The largest absolute Gasteiger partial charge is 0.489 e. The van der Waals surface area contributed by atoms with Gasteiger partial charge in [0.1, 0.15) is 5.82 Å². The highest BCUT2D eigenvalue weighted by atomic mass is 35.5. The van der Waals surface area contributed by atoms with E-state index < -0.39 is 24.4 Å². The molecule has 1 atom stereocenters. The molecule has 1 fully saturated rings. The lowest BCUT2D eigenvalue weighted by Gasteiger charge is -2.12. The summed E-state index contributed by atoms with van der Waals surface area (Å²) in [7, 11) is 0. The van der Waals surface area contributed by atoms with Gasteiger partial charge in [-0.25, -0.2) is 9.37 Å². The van der Waals surface area contributed by atoms with E-state index in [0.717, 1.165) is 12.8 Å². The number of alkyl halides is 2. The molecule has 1 amide bonds. The maximum atomic E-state index is 13.4. The van der Waals surface area contributed by atoms with Crippen molar-refractivity contribution in [2.24, 2.45) is 11.7 Å². The van der Waals surface area contributed by atoms with Crippen LogP contribution in [0.4, 0.5) is 13.2 Å². The van der Waals surface area contributed by atoms with Crippen LogP contribution in [-0.4, -0.2) is 24.1 Å². The van der Waals surface area contributed by atoms with Crippen molar-refractivity contribution in [3.63, 3.8) is 0 Å². The van der Waals surface area contributed by atoms with E-state index >= 15 is 0 Å². The second-order valence-corrected chi connectivity index (χ2v) is 8.13. The molecule has 1 aromatic heterocycles. The second-order valence-electron chi connectivity index (χ2n) is 8.13. The molecule has 7 nitrogen and oxygen atoms in total. The van der Waals surface area contributed by atoms with Crippen LogP contribution in [0.5, 0.6) is 11.5 Å². The summed E-state index contributed by atoms with van der Waals surface area (Å²) in [6.45, 7) is -0.908. The van der Waals surface area contributed by atoms with E-state index in [2.05, 4.69) is 15.0 Å². The molecule has 1 aliphatic rings. The highest BCUT2D eigenvalue weighted by Gasteiger charge is 2.26. The minimum absolute atomic E-state index is 0. The predicted molar refractivity (Wildman–Crippen MR) is 124 cm³/mol. The van der Waals surface area contributed by atoms with Gasteiger partial charge in [-0.2, -0.15) is 8.78 Å². The van der Waals surface area contributed by atoms with Gasteiger partial charge in [0.05, 0.1) is 12.6 Å². The average Bonchev–Trinajstić information content (AvgIpc) is 3.51. The number of nitrogens with two attached hydrogens (primary N) is 1. The molecule has 0 bridgehead atoms. The first-order valence-corrected chi connectivity index (χ1v) is 10.8. The zero-order valence-corrected chi connectivity index (χ0v) is 19.6. The van der Waals surface area contributed by atoms with Crippen LogP contribution in [0.2, 0.25) is 0 Å². The minimum atomic E-state index is -3.01. The van der Waals surface area contributed by atoms with Gasteiger partial charge in [0.25, 0.3) is 5.91 Å². The fraction of sp³-hybridized carbons (Fsp3) is 0.333. The van der Waals surface area contributed by atoms with Crippen molar-refractivity contribution in [2.75, 3.05) is 6.61 Å². The van der Waals surface area contributed by atoms with E-state index in [0.29, 0.717) is 23.7 Å². The maximum absolute atomic E-state index is 13.4. The van der Waals surface area contributed by atoms with Crippen LogP contribution in [0.25, 0.3) is 11.5 Å². The Hall–Kier alpha value is -3.24. The van der Waals surface area contributed by atoms with Gasteiger partial charge >= 0.3 is 6.61 Å². The lowest BCUT2D eigenvalue weighted by Crippen LogP contribution is -2.25. The van der Waals surface area contributed by atoms with E-state index in [1.807, 2.05) is 0 Å². The maximum Gasteiger partial charge on any atom is 0.387 e. The van der Waals surface area contributed by atoms with Gasteiger partial charge in [-0.3, -0.25) is 4.79 Å². The molecule has 1 heterocycles. The summed E-state index contributed by atoms with van der Waals surface area (Å²) in [5.41, 5.74) is 6.93. The number of nitrogens with one attached hydrogen (secondary N) is 1. The summed E-state index contributed by atoms with van der Waals surface area (Å²) in [6, 6.07) is 9.49. The van der Waals surface area contributed by atoms with Crippen LogP contribution in [0.15, 0.2) is 46.9 Å². The van der Waals surface area contributed by atoms with E-state index in [-0.39, 0.29) is 47.8 Å². The molecular formula is C24H25ClF3N3O4. The minimum Gasteiger partial charge on any atom is -0.489 e. The molecular weight excluding hydrogens is 487 g/mol. The van der Waals surface area contributed by atoms with Crippen molar-refractivity contribution in [1.82, 2.24) is 10.3 Å². The molecule has 0 aliphatic heterocycles. The van der Waals surface area contributed by atoms with Crippen LogP contribution >= 0.6 is 12.4 Å². The summed E-state index contributed by atoms with van der Waals surface area (Å²) in [6.07, 6.45) is 2.05. The number of hydrogen-bond donors (Lipinski definition) is 2. The van der Waals surface area contributed by atoms with Crippen molar-refractivity contribution < 1.29 is 31.9 Å². The Kier molecular flexibility index (Phi) is 8.63. The van der Waals surface area contributed by atoms with Gasteiger partial charge in [0, 0.05) is 12.1 Å². The topological polar surface area (TPSA) is 99.6 Å². The van der Waals surface area contributed by atoms with Crippen molar-refractivity contribution in [2.45, 2.75) is 39.0 Å². The Bertz CT molecular complexity index is 1170. The highest BCUT2D eigenvalue weighted by molar-refractivity contribution is 5.94. The van der Waals surface area contributed by atoms with E-state index in [4.69, 9.17) is 14.9 Å². The monoisotopic (exact) mass is 511 g/mol. The molecule has 0 spiro atoms. The molecule has 1 saturated carbocycles. The van der Waals surface area contributed by atoms with Gasteiger partial charge < -0.3 is 24.9 Å². The first-order chi connectivity index (χ1) is 16.3. The Morgan fingerprint density at radius 3 is 2.66 bits per heavy atom. The Labute approximate surface area is 206 Å². The lowest BCUT2D eigenvalue weighted by atomic mass is 10.2. The second kappa shape index (κ2) is 11.5.